The van der Waals surface area contributed by atoms with E-state index in [1.165, 1.54) is 6.08 Å². The number of hydrogen-bond donors (Lipinski definition) is 1. The number of fused-ring (bicyclic) bond motifs is 1. The summed E-state index contributed by atoms with van der Waals surface area (Å²) in [7, 11) is 1.60. The molecule has 0 aliphatic rings. The minimum Gasteiger partial charge on any atom is -0.497 e. The van der Waals surface area contributed by atoms with Gasteiger partial charge in [-0.1, -0.05) is 70.5 Å². The van der Waals surface area contributed by atoms with Crippen LogP contribution in [0.4, 0.5) is 0 Å². The number of halogens is 1. The highest BCUT2D eigenvalue weighted by atomic mass is 79.9. The van der Waals surface area contributed by atoms with E-state index in [1.807, 2.05) is 61.5 Å². The molecule has 0 saturated carbocycles. The number of nitrogens with zero attached hydrogens (tertiary/aromatic N) is 1. The van der Waals surface area contributed by atoms with Crippen LogP contribution in [0, 0.1) is 11.3 Å². The SMILES string of the molecule is CCOc1cc(/C=C(/C#N)C(=O)NCc2ccc(OC)cc2)c(Br)cc1OCc1cccc2ccccc12. The van der Waals surface area contributed by atoms with Gasteiger partial charge in [-0.15, -0.1) is 0 Å². The lowest BCUT2D eigenvalue weighted by molar-refractivity contribution is -0.117. The molecule has 6 nitrogen and oxygen atoms in total. The Labute approximate surface area is 230 Å². The van der Waals surface area contributed by atoms with Gasteiger partial charge in [-0.3, -0.25) is 4.79 Å². The van der Waals surface area contributed by atoms with Gasteiger partial charge in [0.2, 0.25) is 0 Å². The Balaban J connectivity index is 1.52. The van der Waals surface area contributed by atoms with Gasteiger partial charge < -0.3 is 19.5 Å². The van der Waals surface area contributed by atoms with Gasteiger partial charge >= 0.3 is 0 Å². The van der Waals surface area contributed by atoms with Crippen molar-refractivity contribution in [3.63, 3.8) is 0 Å². The Hall–Kier alpha value is -4.28. The van der Waals surface area contributed by atoms with Crippen molar-refractivity contribution in [2.24, 2.45) is 0 Å². The zero-order chi connectivity index (χ0) is 26.9. The number of hydrogen-bond acceptors (Lipinski definition) is 5. The molecule has 0 bridgehead atoms. The van der Waals surface area contributed by atoms with Crippen LogP contribution in [0.15, 0.2) is 88.9 Å². The molecule has 0 saturated heterocycles. The van der Waals surface area contributed by atoms with E-state index in [4.69, 9.17) is 14.2 Å². The summed E-state index contributed by atoms with van der Waals surface area (Å²) in [4.78, 5) is 12.7. The van der Waals surface area contributed by atoms with E-state index in [-0.39, 0.29) is 12.1 Å². The molecule has 0 radical (unpaired) electrons. The average Bonchev–Trinajstić information content (AvgIpc) is 2.95. The summed E-state index contributed by atoms with van der Waals surface area (Å²) in [5.41, 5.74) is 2.56. The molecule has 7 heteroatoms. The highest BCUT2D eigenvalue weighted by molar-refractivity contribution is 9.10. The maximum absolute atomic E-state index is 12.7. The normalized spacial score (nSPS) is 11.1. The number of nitriles is 1. The summed E-state index contributed by atoms with van der Waals surface area (Å²) in [5.74, 6) is 1.35. The van der Waals surface area contributed by atoms with Crippen LogP contribution in [0.1, 0.15) is 23.6 Å². The Morgan fingerprint density at radius 2 is 1.74 bits per heavy atom. The quantitative estimate of drug-likeness (QED) is 0.167. The molecule has 0 fully saturated rings. The topological polar surface area (TPSA) is 80.6 Å². The first-order valence-electron chi connectivity index (χ1n) is 12.1. The molecule has 0 aliphatic carbocycles. The fraction of sp³-hybridized carbons (Fsp3) is 0.161. The fourth-order valence-electron chi connectivity index (χ4n) is 3.94. The van der Waals surface area contributed by atoms with Gasteiger partial charge in [-0.2, -0.15) is 5.26 Å². The van der Waals surface area contributed by atoms with Crippen LogP contribution in [-0.4, -0.2) is 19.6 Å². The smallest absolute Gasteiger partial charge is 0.262 e. The number of methoxy groups -OCH3 is 1. The first kappa shape index (κ1) is 26.8. The Morgan fingerprint density at radius 1 is 1.00 bits per heavy atom. The van der Waals surface area contributed by atoms with Crippen molar-refractivity contribution in [3.05, 3.63) is 106 Å². The maximum atomic E-state index is 12.7. The van der Waals surface area contributed by atoms with Crippen molar-refractivity contribution < 1.29 is 19.0 Å². The van der Waals surface area contributed by atoms with Gasteiger partial charge in [-0.25, -0.2) is 0 Å². The summed E-state index contributed by atoms with van der Waals surface area (Å²) in [6.07, 6.45) is 1.53. The summed E-state index contributed by atoms with van der Waals surface area (Å²) in [6, 6.07) is 27.2. The van der Waals surface area contributed by atoms with Gasteiger partial charge in [0.1, 0.15) is 24.0 Å². The van der Waals surface area contributed by atoms with Crippen LogP contribution in [0.5, 0.6) is 17.2 Å². The fourth-order valence-corrected chi connectivity index (χ4v) is 4.38. The van der Waals surface area contributed by atoms with Crippen LogP contribution in [-0.2, 0) is 17.9 Å². The Kier molecular flexibility index (Phi) is 9.02. The molecule has 0 unspecified atom stereocenters. The molecule has 0 aromatic heterocycles. The van der Waals surface area contributed by atoms with Crippen LogP contribution in [0.2, 0.25) is 0 Å². The first-order valence-corrected chi connectivity index (χ1v) is 12.9. The van der Waals surface area contributed by atoms with Crippen LogP contribution >= 0.6 is 15.9 Å². The minimum atomic E-state index is -0.468. The van der Waals surface area contributed by atoms with Crippen molar-refractivity contribution in [2.75, 3.05) is 13.7 Å². The van der Waals surface area contributed by atoms with E-state index >= 15 is 0 Å². The number of rotatable bonds is 10. The standard InChI is InChI=1S/C31H27BrN2O4/c1-3-37-29-16-24(15-25(18-33)31(35)34-19-21-11-13-26(36-2)14-12-21)28(32)17-30(29)38-20-23-9-6-8-22-7-4-5-10-27(22)23/h4-17H,3,19-20H2,1-2H3,(H,34,35)/b25-15-. The van der Waals surface area contributed by atoms with E-state index in [0.29, 0.717) is 34.7 Å². The maximum Gasteiger partial charge on any atom is 0.262 e. The molecule has 192 valence electrons. The van der Waals surface area contributed by atoms with Crippen molar-refractivity contribution in [3.8, 4) is 23.3 Å². The lowest BCUT2D eigenvalue weighted by atomic mass is 10.1. The largest absolute Gasteiger partial charge is 0.497 e. The van der Waals surface area contributed by atoms with Crippen LogP contribution in [0.25, 0.3) is 16.8 Å². The molecule has 0 heterocycles. The monoisotopic (exact) mass is 570 g/mol. The van der Waals surface area contributed by atoms with E-state index in [0.717, 1.165) is 27.6 Å². The molecule has 0 spiro atoms. The molecular weight excluding hydrogens is 544 g/mol. The second-order valence-corrected chi connectivity index (χ2v) is 9.24. The van der Waals surface area contributed by atoms with Crippen molar-refractivity contribution in [1.82, 2.24) is 5.32 Å². The molecule has 1 amide bonds. The van der Waals surface area contributed by atoms with Crippen molar-refractivity contribution in [2.45, 2.75) is 20.1 Å². The predicted molar refractivity (Wildman–Crippen MR) is 152 cm³/mol. The van der Waals surface area contributed by atoms with Crippen molar-refractivity contribution in [1.29, 1.82) is 5.26 Å². The second kappa shape index (κ2) is 12.8. The first-order chi connectivity index (χ1) is 18.5. The predicted octanol–water partition coefficient (Wildman–Crippen LogP) is 6.81. The van der Waals surface area contributed by atoms with E-state index in [9.17, 15) is 10.1 Å². The molecular formula is C31H27BrN2O4. The minimum absolute atomic E-state index is 0.0221. The highest BCUT2D eigenvalue weighted by Crippen LogP contribution is 2.36. The number of nitrogens with one attached hydrogen (secondary N) is 1. The second-order valence-electron chi connectivity index (χ2n) is 8.38. The third-order valence-electron chi connectivity index (χ3n) is 5.90. The molecule has 0 atom stereocenters. The average molecular weight is 571 g/mol. The molecule has 38 heavy (non-hydrogen) atoms. The van der Waals surface area contributed by atoms with E-state index in [1.54, 1.807) is 19.2 Å². The third kappa shape index (κ3) is 6.53. The van der Waals surface area contributed by atoms with Gasteiger partial charge in [0.15, 0.2) is 11.5 Å². The highest BCUT2D eigenvalue weighted by Gasteiger charge is 2.14. The van der Waals surface area contributed by atoms with Crippen molar-refractivity contribution >= 4 is 38.7 Å². The number of amides is 1. The van der Waals surface area contributed by atoms with Gasteiger partial charge in [0.05, 0.1) is 13.7 Å². The van der Waals surface area contributed by atoms with Crippen LogP contribution < -0.4 is 19.5 Å². The molecule has 0 aliphatic heterocycles. The van der Waals surface area contributed by atoms with Crippen LogP contribution in [0.3, 0.4) is 0 Å². The number of carbonyl (C=O) groups excluding carboxylic acids is 1. The lowest BCUT2D eigenvalue weighted by Gasteiger charge is -2.15. The molecule has 4 aromatic rings. The van der Waals surface area contributed by atoms with E-state index in [2.05, 4.69) is 39.4 Å². The Morgan fingerprint density at radius 3 is 2.47 bits per heavy atom. The zero-order valence-corrected chi connectivity index (χ0v) is 22.7. The van der Waals surface area contributed by atoms with Gasteiger partial charge in [-0.05, 0) is 64.7 Å². The summed E-state index contributed by atoms with van der Waals surface area (Å²) >= 11 is 3.56. The number of benzene rings is 4. The number of ether oxygens (including phenoxy) is 3. The summed E-state index contributed by atoms with van der Waals surface area (Å²) in [5, 5.41) is 14.7. The van der Waals surface area contributed by atoms with E-state index < -0.39 is 5.91 Å². The Bertz CT molecular complexity index is 1500. The van der Waals surface area contributed by atoms with Gasteiger partial charge in [0, 0.05) is 11.0 Å². The summed E-state index contributed by atoms with van der Waals surface area (Å²) < 4.78 is 17.8. The van der Waals surface area contributed by atoms with Gasteiger partial charge in [0.25, 0.3) is 5.91 Å². The third-order valence-corrected chi connectivity index (χ3v) is 6.59. The molecule has 4 rings (SSSR count). The molecule has 4 aromatic carbocycles. The summed E-state index contributed by atoms with van der Waals surface area (Å²) in [6.45, 7) is 2.97. The number of carbonyl (C=O) groups is 1. The lowest BCUT2D eigenvalue weighted by Crippen LogP contribution is -2.23. The molecule has 1 N–H and O–H groups in total. The zero-order valence-electron chi connectivity index (χ0n) is 21.2.